The Morgan fingerprint density at radius 1 is 0.875 bits per heavy atom. The first kappa shape index (κ1) is 21.7. The van der Waals surface area contributed by atoms with Crippen LogP contribution in [0.3, 0.4) is 0 Å². The number of carbonyl (C=O) groups is 1. The van der Waals surface area contributed by atoms with Crippen molar-refractivity contribution in [3.05, 3.63) is 112 Å². The topological polar surface area (TPSA) is 50.4 Å². The number of anilines is 2. The van der Waals surface area contributed by atoms with Gasteiger partial charge in [0.15, 0.2) is 0 Å². The van der Waals surface area contributed by atoms with E-state index in [2.05, 4.69) is 30.5 Å². The Kier molecular flexibility index (Phi) is 6.57. The number of nitrogens with one attached hydrogen (secondary N) is 2. The van der Waals surface area contributed by atoms with Crippen LogP contribution < -0.4 is 15.4 Å². The van der Waals surface area contributed by atoms with Gasteiger partial charge in [-0.3, -0.25) is 4.79 Å². The van der Waals surface area contributed by atoms with Crippen LogP contribution in [-0.2, 0) is 0 Å². The van der Waals surface area contributed by atoms with Gasteiger partial charge in [-0.25, -0.2) is 0 Å². The fourth-order valence-corrected chi connectivity index (χ4v) is 4.86. The van der Waals surface area contributed by atoms with E-state index in [1.54, 1.807) is 18.4 Å². The van der Waals surface area contributed by atoms with E-state index in [1.165, 1.54) is 0 Å². The van der Waals surface area contributed by atoms with Crippen LogP contribution in [0.1, 0.15) is 38.0 Å². The van der Waals surface area contributed by atoms with Crippen LogP contribution in [-0.4, -0.2) is 13.0 Å². The Morgan fingerprint density at radius 3 is 2.19 bits per heavy atom. The lowest BCUT2D eigenvalue weighted by Gasteiger charge is -2.24. The zero-order chi connectivity index (χ0) is 22.5. The maximum atomic E-state index is 13.0. The second-order valence-corrected chi connectivity index (χ2v) is 8.76. The number of thiophene rings is 1. The quantitative estimate of drug-likeness (QED) is 0.330. The molecule has 1 atom stereocenters. The minimum Gasteiger partial charge on any atom is -0.496 e. The smallest absolute Gasteiger partial charge is 0.256 e. The number of benzene rings is 3. The number of hydrogen-bond donors (Lipinski definition) is 2. The van der Waals surface area contributed by atoms with Gasteiger partial charge in [-0.2, -0.15) is 0 Å². The van der Waals surface area contributed by atoms with Gasteiger partial charge in [-0.1, -0.05) is 54.6 Å². The summed E-state index contributed by atoms with van der Waals surface area (Å²) < 4.78 is 5.70. The molecule has 4 rings (SSSR count). The van der Waals surface area contributed by atoms with E-state index < -0.39 is 0 Å². The van der Waals surface area contributed by atoms with Crippen LogP contribution in [0.15, 0.2) is 84.9 Å². The van der Waals surface area contributed by atoms with Gasteiger partial charge in [0.1, 0.15) is 10.8 Å². The largest absolute Gasteiger partial charge is 0.496 e. The molecular weight excluding hydrogens is 416 g/mol. The van der Waals surface area contributed by atoms with Crippen LogP contribution >= 0.6 is 11.3 Å². The van der Waals surface area contributed by atoms with E-state index in [9.17, 15) is 4.79 Å². The Hall–Kier alpha value is -3.57. The molecule has 0 saturated heterocycles. The molecule has 0 saturated carbocycles. The number of rotatable bonds is 7. The molecule has 0 bridgehead atoms. The predicted octanol–water partition coefficient (Wildman–Crippen LogP) is 6.83. The van der Waals surface area contributed by atoms with Crippen LogP contribution in [0.25, 0.3) is 0 Å². The van der Waals surface area contributed by atoms with Gasteiger partial charge >= 0.3 is 0 Å². The molecule has 1 aromatic heterocycles. The standard InChI is InChI=1S/C27H26N2O2S/c1-18-19(2)32-27(29-26(30)20-12-6-4-7-13-20)24(18)25(28-21-14-8-5-9-15-21)22-16-10-11-17-23(22)31-3/h4-17,25,28H,1-3H3,(H,29,30). The van der Waals surface area contributed by atoms with Gasteiger partial charge in [0.25, 0.3) is 5.91 Å². The zero-order valence-electron chi connectivity index (χ0n) is 18.4. The molecule has 2 N–H and O–H groups in total. The third-order valence-corrected chi connectivity index (χ3v) is 6.66. The second-order valence-electron chi connectivity index (χ2n) is 7.53. The van der Waals surface area contributed by atoms with Gasteiger partial charge in [0, 0.05) is 27.3 Å². The molecule has 0 aliphatic carbocycles. The van der Waals surface area contributed by atoms with Gasteiger partial charge < -0.3 is 15.4 Å². The summed E-state index contributed by atoms with van der Waals surface area (Å²) >= 11 is 1.60. The number of para-hydroxylation sites is 2. The number of aryl methyl sites for hydroxylation is 1. The molecule has 32 heavy (non-hydrogen) atoms. The Morgan fingerprint density at radius 2 is 1.50 bits per heavy atom. The molecule has 1 heterocycles. The van der Waals surface area contributed by atoms with Crippen molar-refractivity contribution >= 4 is 27.9 Å². The molecule has 1 amide bonds. The highest BCUT2D eigenvalue weighted by molar-refractivity contribution is 7.16. The third-order valence-electron chi connectivity index (χ3n) is 5.52. The Labute approximate surface area is 192 Å². The minimum atomic E-state index is -0.204. The maximum absolute atomic E-state index is 13.0. The van der Waals surface area contributed by atoms with E-state index in [0.717, 1.165) is 38.0 Å². The maximum Gasteiger partial charge on any atom is 0.256 e. The summed E-state index contributed by atoms with van der Waals surface area (Å²) in [5.41, 5.74) is 4.83. The number of hydrogen-bond acceptors (Lipinski definition) is 4. The van der Waals surface area contributed by atoms with Crippen molar-refractivity contribution in [3.63, 3.8) is 0 Å². The summed E-state index contributed by atoms with van der Waals surface area (Å²) in [5.74, 6) is 0.677. The average Bonchev–Trinajstić information content (AvgIpc) is 3.11. The van der Waals surface area contributed by atoms with Crippen molar-refractivity contribution < 1.29 is 9.53 Å². The number of carbonyl (C=O) groups excluding carboxylic acids is 1. The van der Waals surface area contributed by atoms with Crippen molar-refractivity contribution in [2.45, 2.75) is 19.9 Å². The molecule has 0 aliphatic rings. The van der Waals surface area contributed by atoms with Gasteiger partial charge in [-0.05, 0) is 49.7 Å². The SMILES string of the molecule is COc1ccccc1C(Nc1ccccc1)c1c(NC(=O)c2ccccc2)sc(C)c1C. The highest BCUT2D eigenvalue weighted by atomic mass is 32.1. The fraction of sp³-hybridized carbons (Fsp3) is 0.148. The molecule has 0 fully saturated rings. The molecule has 5 heteroatoms. The number of ether oxygens (including phenoxy) is 1. The predicted molar refractivity (Wildman–Crippen MR) is 133 cm³/mol. The summed E-state index contributed by atoms with van der Waals surface area (Å²) in [7, 11) is 1.68. The molecule has 3 aromatic carbocycles. The molecule has 0 radical (unpaired) electrons. The zero-order valence-corrected chi connectivity index (χ0v) is 19.2. The first-order valence-electron chi connectivity index (χ1n) is 10.5. The Bertz CT molecular complexity index is 1200. The van der Waals surface area contributed by atoms with Crippen molar-refractivity contribution in [1.82, 2.24) is 0 Å². The molecule has 4 aromatic rings. The summed E-state index contributed by atoms with van der Waals surface area (Å²) in [6.45, 7) is 4.19. The summed E-state index contributed by atoms with van der Waals surface area (Å²) in [6, 6.07) is 27.2. The van der Waals surface area contributed by atoms with Crippen LogP contribution in [0.4, 0.5) is 10.7 Å². The summed E-state index contributed by atoms with van der Waals surface area (Å²) in [4.78, 5) is 14.1. The van der Waals surface area contributed by atoms with Crippen LogP contribution in [0, 0.1) is 13.8 Å². The second kappa shape index (κ2) is 9.71. The van der Waals surface area contributed by atoms with E-state index in [1.807, 2.05) is 78.9 Å². The number of methoxy groups -OCH3 is 1. The van der Waals surface area contributed by atoms with Crippen molar-refractivity contribution in [3.8, 4) is 5.75 Å². The average molecular weight is 443 g/mol. The molecular formula is C27H26N2O2S. The van der Waals surface area contributed by atoms with Crippen LogP contribution in [0.5, 0.6) is 5.75 Å². The third kappa shape index (κ3) is 4.53. The minimum absolute atomic E-state index is 0.119. The van der Waals surface area contributed by atoms with Gasteiger partial charge in [0.2, 0.25) is 0 Å². The lowest BCUT2D eigenvalue weighted by Crippen LogP contribution is -2.18. The molecule has 162 valence electrons. The van der Waals surface area contributed by atoms with E-state index in [4.69, 9.17) is 4.74 Å². The molecule has 0 spiro atoms. The number of amides is 1. The first-order chi connectivity index (χ1) is 15.6. The lowest BCUT2D eigenvalue weighted by molar-refractivity contribution is 0.102. The monoisotopic (exact) mass is 442 g/mol. The van der Waals surface area contributed by atoms with E-state index in [-0.39, 0.29) is 11.9 Å². The molecule has 4 nitrogen and oxygen atoms in total. The molecule has 1 unspecified atom stereocenters. The summed E-state index contributed by atoms with van der Waals surface area (Å²) in [6.07, 6.45) is 0. The van der Waals surface area contributed by atoms with Crippen molar-refractivity contribution in [2.75, 3.05) is 17.7 Å². The van der Waals surface area contributed by atoms with Gasteiger partial charge in [-0.15, -0.1) is 11.3 Å². The summed E-state index contributed by atoms with van der Waals surface area (Å²) in [5, 5.41) is 7.67. The van der Waals surface area contributed by atoms with E-state index >= 15 is 0 Å². The lowest BCUT2D eigenvalue weighted by atomic mass is 9.95. The normalized spacial score (nSPS) is 11.6. The Balaban J connectivity index is 1.81. The van der Waals surface area contributed by atoms with Gasteiger partial charge in [0.05, 0.1) is 13.2 Å². The van der Waals surface area contributed by atoms with Crippen molar-refractivity contribution in [2.24, 2.45) is 0 Å². The molecule has 0 aliphatic heterocycles. The highest BCUT2D eigenvalue weighted by Gasteiger charge is 2.27. The fourth-order valence-electron chi connectivity index (χ4n) is 3.76. The first-order valence-corrected chi connectivity index (χ1v) is 11.3. The van der Waals surface area contributed by atoms with Crippen molar-refractivity contribution in [1.29, 1.82) is 0 Å². The highest BCUT2D eigenvalue weighted by Crippen LogP contribution is 2.43. The van der Waals surface area contributed by atoms with Crippen LogP contribution in [0.2, 0.25) is 0 Å². The van der Waals surface area contributed by atoms with E-state index in [0.29, 0.717) is 5.56 Å².